The molecule has 14 heavy (non-hydrogen) atoms. The maximum atomic E-state index is 10.2. The Morgan fingerprint density at radius 3 is 2.86 bits per heavy atom. The average Bonchev–Trinajstić information content (AvgIpc) is 2.73. The molecular formula is C10H17NO3. The van der Waals surface area contributed by atoms with Crippen LogP contribution in [0.5, 0.6) is 0 Å². The van der Waals surface area contributed by atoms with Crippen LogP contribution in [0.25, 0.3) is 0 Å². The van der Waals surface area contributed by atoms with Crippen molar-refractivity contribution in [1.82, 2.24) is 5.48 Å². The standard InChI is InChI=1S/C10H17NO3/c12-10(13)3-4-14-11-9-6-7-1-2-8(9)5-7/h7-9,11H,1-6H2,(H,12,13)/t7-,8+,9?/m1/s1. The van der Waals surface area contributed by atoms with Gasteiger partial charge in [0.1, 0.15) is 0 Å². The molecule has 4 heteroatoms. The van der Waals surface area contributed by atoms with Gasteiger partial charge >= 0.3 is 5.97 Å². The van der Waals surface area contributed by atoms with E-state index in [1.54, 1.807) is 0 Å². The van der Waals surface area contributed by atoms with Crippen LogP contribution in [-0.2, 0) is 9.63 Å². The molecule has 4 nitrogen and oxygen atoms in total. The number of hydrogen-bond donors (Lipinski definition) is 2. The molecular weight excluding hydrogens is 182 g/mol. The van der Waals surface area contributed by atoms with Crippen LogP contribution in [0.1, 0.15) is 32.1 Å². The van der Waals surface area contributed by atoms with Crippen molar-refractivity contribution in [2.75, 3.05) is 6.61 Å². The summed E-state index contributed by atoms with van der Waals surface area (Å²) in [6.07, 6.45) is 5.30. The molecule has 80 valence electrons. The maximum Gasteiger partial charge on any atom is 0.305 e. The van der Waals surface area contributed by atoms with Crippen molar-refractivity contribution in [2.24, 2.45) is 11.8 Å². The lowest BCUT2D eigenvalue weighted by atomic mass is 9.96. The van der Waals surface area contributed by atoms with Crippen LogP contribution in [0.4, 0.5) is 0 Å². The average molecular weight is 199 g/mol. The molecule has 0 aromatic heterocycles. The van der Waals surface area contributed by atoms with Crippen LogP contribution >= 0.6 is 0 Å². The van der Waals surface area contributed by atoms with E-state index in [1.807, 2.05) is 0 Å². The van der Waals surface area contributed by atoms with Gasteiger partial charge in [-0.1, -0.05) is 6.42 Å². The lowest BCUT2D eigenvalue weighted by Crippen LogP contribution is -2.34. The molecule has 0 radical (unpaired) electrons. The molecule has 2 aliphatic carbocycles. The number of hydroxylamine groups is 1. The van der Waals surface area contributed by atoms with E-state index >= 15 is 0 Å². The van der Waals surface area contributed by atoms with Crippen LogP contribution in [0.15, 0.2) is 0 Å². The zero-order chi connectivity index (χ0) is 9.97. The maximum absolute atomic E-state index is 10.2. The SMILES string of the molecule is O=C(O)CCONC1C[C@@H]2CC[C@H]1C2. The monoisotopic (exact) mass is 199 g/mol. The van der Waals surface area contributed by atoms with Gasteiger partial charge in [0, 0.05) is 6.04 Å². The fourth-order valence-corrected chi connectivity index (χ4v) is 2.69. The molecule has 2 rings (SSSR count). The number of nitrogens with one attached hydrogen (secondary N) is 1. The van der Waals surface area contributed by atoms with Crippen molar-refractivity contribution in [1.29, 1.82) is 0 Å². The smallest absolute Gasteiger partial charge is 0.305 e. The van der Waals surface area contributed by atoms with E-state index in [0.29, 0.717) is 6.04 Å². The van der Waals surface area contributed by atoms with Crippen molar-refractivity contribution in [3.8, 4) is 0 Å². The zero-order valence-corrected chi connectivity index (χ0v) is 8.24. The third-order valence-corrected chi connectivity index (χ3v) is 3.39. The quantitative estimate of drug-likeness (QED) is 0.515. The first kappa shape index (κ1) is 9.93. The first-order chi connectivity index (χ1) is 6.75. The third-order valence-electron chi connectivity index (χ3n) is 3.39. The Morgan fingerprint density at radius 2 is 2.29 bits per heavy atom. The Morgan fingerprint density at radius 1 is 1.43 bits per heavy atom. The number of carbonyl (C=O) groups is 1. The van der Waals surface area contributed by atoms with Gasteiger partial charge in [0.15, 0.2) is 0 Å². The van der Waals surface area contributed by atoms with Gasteiger partial charge < -0.3 is 9.94 Å². The Hall–Kier alpha value is -0.610. The molecule has 0 spiro atoms. The first-order valence-corrected chi connectivity index (χ1v) is 5.35. The predicted molar refractivity (Wildman–Crippen MR) is 50.6 cm³/mol. The van der Waals surface area contributed by atoms with Gasteiger partial charge in [-0.2, -0.15) is 5.48 Å². The molecule has 0 aromatic carbocycles. The lowest BCUT2D eigenvalue weighted by Gasteiger charge is -2.22. The minimum absolute atomic E-state index is 0.0772. The van der Waals surface area contributed by atoms with Crippen LogP contribution in [-0.4, -0.2) is 23.7 Å². The molecule has 3 atom stereocenters. The topological polar surface area (TPSA) is 58.6 Å². The summed E-state index contributed by atoms with van der Waals surface area (Å²) in [6, 6.07) is 0.475. The lowest BCUT2D eigenvalue weighted by molar-refractivity contribution is -0.139. The fourth-order valence-electron chi connectivity index (χ4n) is 2.69. The second-order valence-electron chi connectivity index (χ2n) is 4.39. The summed E-state index contributed by atoms with van der Waals surface area (Å²) < 4.78 is 0. The number of carboxylic acid groups (broad SMARTS) is 1. The highest BCUT2D eigenvalue weighted by Crippen LogP contribution is 2.44. The van der Waals surface area contributed by atoms with Gasteiger partial charge in [0.25, 0.3) is 0 Å². The van der Waals surface area contributed by atoms with Gasteiger partial charge in [0.2, 0.25) is 0 Å². The Kier molecular flexibility index (Phi) is 3.03. The van der Waals surface area contributed by atoms with Crippen molar-refractivity contribution in [3.63, 3.8) is 0 Å². The number of fused-ring (bicyclic) bond motifs is 2. The van der Waals surface area contributed by atoms with Crippen molar-refractivity contribution in [2.45, 2.75) is 38.1 Å². The minimum atomic E-state index is -0.806. The summed E-state index contributed by atoms with van der Waals surface area (Å²) >= 11 is 0. The fraction of sp³-hybridized carbons (Fsp3) is 0.900. The molecule has 1 unspecified atom stereocenters. The molecule has 0 aliphatic heterocycles. The highest BCUT2D eigenvalue weighted by molar-refractivity contribution is 5.66. The van der Waals surface area contributed by atoms with E-state index in [2.05, 4.69) is 5.48 Å². The first-order valence-electron chi connectivity index (χ1n) is 5.35. The van der Waals surface area contributed by atoms with Crippen LogP contribution in [0, 0.1) is 11.8 Å². The number of carboxylic acids is 1. The predicted octanol–water partition coefficient (Wildman–Crippen LogP) is 1.17. The molecule has 2 bridgehead atoms. The number of aliphatic carboxylic acids is 1. The molecule has 2 fully saturated rings. The van der Waals surface area contributed by atoms with Gasteiger partial charge in [-0.3, -0.25) is 4.79 Å². The number of rotatable bonds is 5. The highest BCUT2D eigenvalue weighted by Gasteiger charge is 2.39. The largest absolute Gasteiger partial charge is 0.481 e. The summed E-state index contributed by atoms with van der Waals surface area (Å²) in [7, 11) is 0. The second kappa shape index (κ2) is 4.28. The summed E-state index contributed by atoms with van der Waals surface area (Å²) in [6.45, 7) is 0.267. The Balaban J connectivity index is 1.60. The summed E-state index contributed by atoms with van der Waals surface area (Å²) in [5, 5.41) is 8.40. The van der Waals surface area contributed by atoms with Gasteiger partial charge in [-0.25, -0.2) is 0 Å². The second-order valence-corrected chi connectivity index (χ2v) is 4.39. The summed E-state index contributed by atoms with van der Waals surface area (Å²) in [5.74, 6) is 0.852. The minimum Gasteiger partial charge on any atom is -0.481 e. The Bertz CT molecular complexity index is 219. The van der Waals surface area contributed by atoms with Crippen LogP contribution in [0.2, 0.25) is 0 Å². The zero-order valence-electron chi connectivity index (χ0n) is 8.24. The van der Waals surface area contributed by atoms with E-state index in [4.69, 9.17) is 9.94 Å². The van der Waals surface area contributed by atoms with Crippen LogP contribution < -0.4 is 5.48 Å². The summed E-state index contributed by atoms with van der Waals surface area (Å²) in [4.78, 5) is 15.4. The molecule has 0 aromatic rings. The normalized spacial score (nSPS) is 35.0. The van der Waals surface area contributed by atoms with E-state index in [1.165, 1.54) is 25.7 Å². The van der Waals surface area contributed by atoms with E-state index in [9.17, 15) is 4.79 Å². The molecule has 2 aliphatic rings. The van der Waals surface area contributed by atoms with Crippen molar-refractivity contribution < 1.29 is 14.7 Å². The number of hydrogen-bond acceptors (Lipinski definition) is 3. The molecule has 0 amide bonds. The van der Waals surface area contributed by atoms with E-state index in [0.717, 1.165) is 11.8 Å². The Labute approximate surface area is 83.6 Å². The third kappa shape index (κ3) is 2.25. The van der Waals surface area contributed by atoms with Gasteiger partial charge in [0.05, 0.1) is 13.0 Å². The summed E-state index contributed by atoms with van der Waals surface area (Å²) in [5.41, 5.74) is 3.01. The molecule has 0 saturated heterocycles. The van der Waals surface area contributed by atoms with E-state index in [-0.39, 0.29) is 13.0 Å². The molecule has 2 saturated carbocycles. The molecule has 2 N–H and O–H groups in total. The van der Waals surface area contributed by atoms with Crippen molar-refractivity contribution >= 4 is 5.97 Å². The van der Waals surface area contributed by atoms with E-state index < -0.39 is 5.97 Å². The van der Waals surface area contributed by atoms with Gasteiger partial charge in [-0.05, 0) is 31.1 Å². The van der Waals surface area contributed by atoms with Gasteiger partial charge in [-0.15, -0.1) is 0 Å². The molecule has 0 heterocycles. The van der Waals surface area contributed by atoms with Crippen molar-refractivity contribution in [3.05, 3.63) is 0 Å². The van der Waals surface area contributed by atoms with Crippen LogP contribution in [0.3, 0.4) is 0 Å². The highest BCUT2D eigenvalue weighted by atomic mass is 16.6.